The molecule has 3 rings (SSSR count). The summed E-state index contributed by atoms with van der Waals surface area (Å²) in [6.45, 7) is 0. The standard InChI is InChI=1S/C14H14I3NO3S/c15-9-5-10(13(17)11(16)6-9)14(19)18-22(20,21)12-4-7-1-2-8(12)3-7/h5-8,12H,1-4H2,(H,18,19). The number of fused-ring (bicyclic) bond motifs is 2. The molecular weight excluding hydrogens is 643 g/mol. The molecule has 1 amide bonds. The van der Waals surface area contributed by atoms with Crippen molar-refractivity contribution in [2.24, 2.45) is 11.8 Å². The van der Waals surface area contributed by atoms with Gasteiger partial charge in [-0.05, 0) is 111 Å². The Labute approximate surface area is 171 Å². The summed E-state index contributed by atoms with van der Waals surface area (Å²) >= 11 is 6.38. The largest absolute Gasteiger partial charge is 0.268 e. The lowest BCUT2D eigenvalue weighted by molar-refractivity contribution is 0.0979. The molecule has 2 aliphatic carbocycles. The Balaban J connectivity index is 1.82. The van der Waals surface area contributed by atoms with E-state index in [-0.39, 0.29) is 5.92 Å². The van der Waals surface area contributed by atoms with Crippen LogP contribution in [0.5, 0.6) is 0 Å². The number of sulfonamides is 1. The van der Waals surface area contributed by atoms with Crippen molar-refractivity contribution >= 4 is 83.7 Å². The van der Waals surface area contributed by atoms with E-state index in [4.69, 9.17) is 0 Å². The van der Waals surface area contributed by atoms with Crippen LogP contribution in [0.3, 0.4) is 0 Å². The summed E-state index contributed by atoms with van der Waals surface area (Å²) in [6.07, 6.45) is 3.81. The van der Waals surface area contributed by atoms with Crippen LogP contribution in [0.1, 0.15) is 36.0 Å². The van der Waals surface area contributed by atoms with E-state index in [0.29, 0.717) is 17.9 Å². The number of halogens is 3. The first-order valence-electron chi connectivity index (χ1n) is 6.98. The zero-order chi connectivity index (χ0) is 16.1. The number of hydrogen-bond acceptors (Lipinski definition) is 3. The van der Waals surface area contributed by atoms with Crippen LogP contribution in [-0.2, 0) is 10.0 Å². The van der Waals surface area contributed by atoms with Gasteiger partial charge in [0.1, 0.15) is 0 Å². The van der Waals surface area contributed by atoms with E-state index in [1.54, 1.807) is 6.07 Å². The molecule has 4 nitrogen and oxygen atoms in total. The van der Waals surface area contributed by atoms with Crippen molar-refractivity contribution in [3.05, 3.63) is 28.4 Å². The summed E-state index contributed by atoms with van der Waals surface area (Å²) < 4.78 is 30.1. The molecule has 0 aliphatic heterocycles. The van der Waals surface area contributed by atoms with Crippen LogP contribution >= 0.6 is 67.8 Å². The van der Waals surface area contributed by atoms with E-state index >= 15 is 0 Å². The number of hydrogen-bond donors (Lipinski definition) is 1. The van der Waals surface area contributed by atoms with Crippen molar-refractivity contribution in [2.75, 3.05) is 0 Å². The maximum Gasteiger partial charge on any atom is 0.265 e. The maximum absolute atomic E-state index is 12.5. The minimum absolute atomic E-state index is 0.227. The molecular formula is C14H14I3NO3S. The highest BCUT2D eigenvalue weighted by Gasteiger charge is 2.46. The van der Waals surface area contributed by atoms with Crippen molar-refractivity contribution in [1.29, 1.82) is 0 Å². The fraction of sp³-hybridized carbons (Fsp3) is 0.500. The molecule has 1 N–H and O–H groups in total. The Hall–Kier alpha value is 0.830. The van der Waals surface area contributed by atoms with Crippen molar-refractivity contribution < 1.29 is 13.2 Å². The second-order valence-corrected chi connectivity index (χ2v) is 11.3. The predicted molar refractivity (Wildman–Crippen MR) is 110 cm³/mol. The average Bonchev–Trinajstić information content (AvgIpc) is 3.05. The third-order valence-corrected chi connectivity index (χ3v) is 10.1. The van der Waals surface area contributed by atoms with Gasteiger partial charge in [-0.1, -0.05) is 6.42 Å². The number of amides is 1. The van der Waals surface area contributed by atoms with Crippen LogP contribution in [0.15, 0.2) is 12.1 Å². The molecule has 22 heavy (non-hydrogen) atoms. The lowest BCUT2D eigenvalue weighted by Gasteiger charge is -2.22. The van der Waals surface area contributed by atoms with Gasteiger partial charge in [0.2, 0.25) is 10.0 Å². The van der Waals surface area contributed by atoms with Crippen LogP contribution in [0.4, 0.5) is 0 Å². The Kier molecular flexibility index (Phi) is 5.31. The number of rotatable bonds is 3. The molecule has 1 aromatic rings. The molecule has 2 saturated carbocycles. The van der Waals surface area contributed by atoms with Gasteiger partial charge < -0.3 is 0 Å². The van der Waals surface area contributed by atoms with Crippen LogP contribution in [0.25, 0.3) is 0 Å². The van der Waals surface area contributed by atoms with Crippen LogP contribution < -0.4 is 4.72 Å². The molecule has 3 unspecified atom stereocenters. The first kappa shape index (κ1) is 17.6. The summed E-state index contributed by atoms with van der Waals surface area (Å²) in [7, 11) is -3.59. The lowest BCUT2D eigenvalue weighted by Crippen LogP contribution is -2.41. The van der Waals surface area contributed by atoms with Crippen molar-refractivity contribution in [3.63, 3.8) is 0 Å². The molecule has 0 spiro atoms. The van der Waals surface area contributed by atoms with Crippen molar-refractivity contribution in [3.8, 4) is 0 Å². The van der Waals surface area contributed by atoms with E-state index in [9.17, 15) is 13.2 Å². The minimum atomic E-state index is -3.59. The Morgan fingerprint density at radius 2 is 1.86 bits per heavy atom. The van der Waals surface area contributed by atoms with Gasteiger partial charge in [-0.15, -0.1) is 0 Å². The first-order chi connectivity index (χ1) is 10.3. The topological polar surface area (TPSA) is 63.2 Å². The second kappa shape index (κ2) is 6.62. The van der Waals surface area contributed by atoms with Gasteiger partial charge in [-0.2, -0.15) is 0 Å². The van der Waals surface area contributed by atoms with Crippen LogP contribution in [0.2, 0.25) is 0 Å². The highest BCUT2D eigenvalue weighted by molar-refractivity contribution is 14.1. The van der Waals surface area contributed by atoms with E-state index in [1.165, 1.54) is 0 Å². The first-order valence-corrected chi connectivity index (χ1v) is 11.8. The number of carbonyl (C=O) groups is 1. The van der Waals surface area contributed by atoms with Crippen LogP contribution in [-0.4, -0.2) is 19.6 Å². The van der Waals surface area contributed by atoms with Gasteiger partial charge in [-0.25, -0.2) is 13.1 Å². The van der Waals surface area contributed by atoms with Crippen LogP contribution in [0, 0.1) is 22.5 Å². The van der Waals surface area contributed by atoms with Gasteiger partial charge in [0, 0.05) is 10.7 Å². The van der Waals surface area contributed by atoms with E-state index in [1.807, 2.05) is 6.07 Å². The molecule has 2 fully saturated rings. The molecule has 3 atom stereocenters. The van der Waals surface area contributed by atoms with Gasteiger partial charge in [0.25, 0.3) is 5.91 Å². The third-order valence-electron chi connectivity index (χ3n) is 4.54. The Morgan fingerprint density at radius 3 is 2.45 bits per heavy atom. The molecule has 0 heterocycles. The summed E-state index contributed by atoms with van der Waals surface area (Å²) in [5, 5.41) is -0.394. The molecule has 0 saturated heterocycles. The Bertz CT molecular complexity index is 735. The summed E-state index contributed by atoms with van der Waals surface area (Å²) in [6, 6.07) is 3.69. The second-order valence-electron chi connectivity index (χ2n) is 5.94. The quantitative estimate of drug-likeness (QED) is 0.399. The van der Waals surface area contributed by atoms with Gasteiger partial charge in [0.05, 0.1) is 10.8 Å². The number of nitrogens with one attached hydrogen (secondary N) is 1. The SMILES string of the molecule is O=C(NS(=O)(=O)C1CC2CCC1C2)c1cc(I)cc(I)c1I. The summed E-state index contributed by atoms with van der Waals surface area (Å²) in [5.74, 6) is 0.245. The maximum atomic E-state index is 12.5. The van der Waals surface area contributed by atoms with Crippen molar-refractivity contribution in [1.82, 2.24) is 4.72 Å². The van der Waals surface area contributed by atoms with E-state index in [2.05, 4.69) is 72.5 Å². The normalized spacial score (nSPS) is 27.1. The van der Waals surface area contributed by atoms with Gasteiger partial charge in [0.15, 0.2) is 0 Å². The average molecular weight is 657 g/mol. The third kappa shape index (κ3) is 3.44. The smallest absolute Gasteiger partial charge is 0.265 e. The van der Waals surface area contributed by atoms with Gasteiger partial charge in [-0.3, -0.25) is 4.79 Å². The molecule has 2 bridgehead atoms. The van der Waals surface area contributed by atoms with Gasteiger partial charge >= 0.3 is 0 Å². The van der Waals surface area contributed by atoms with E-state index < -0.39 is 21.2 Å². The predicted octanol–water partition coefficient (Wildman–Crippen LogP) is 3.75. The summed E-state index contributed by atoms with van der Waals surface area (Å²) in [5.41, 5.74) is 0.434. The minimum Gasteiger partial charge on any atom is -0.268 e. The molecule has 8 heteroatoms. The van der Waals surface area contributed by atoms with E-state index in [0.717, 1.165) is 30.0 Å². The number of carbonyl (C=O) groups excluding carboxylic acids is 1. The lowest BCUT2D eigenvalue weighted by atomic mass is 10.0. The van der Waals surface area contributed by atoms with Crippen molar-refractivity contribution in [2.45, 2.75) is 30.9 Å². The summed E-state index contributed by atoms with van der Waals surface area (Å²) in [4.78, 5) is 12.4. The monoisotopic (exact) mass is 657 g/mol. The number of benzene rings is 1. The highest BCUT2D eigenvalue weighted by atomic mass is 127. The zero-order valence-corrected chi connectivity index (χ0v) is 18.8. The fourth-order valence-electron chi connectivity index (χ4n) is 3.55. The molecule has 1 aromatic carbocycles. The molecule has 2 aliphatic rings. The highest BCUT2D eigenvalue weighted by Crippen LogP contribution is 2.47. The molecule has 0 aromatic heterocycles. The fourth-order valence-corrected chi connectivity index (χ4v) is 7.75. The Morgan fingerprint density at radius 1 is 1.14 bits per heavy atom. The molecule has 0 radical (unpaired) electrons. The molecule has 120 valence electrons. The zero-order valence-electron chi connectivity index (χ0n) is 11.5.